The van der Waals surface area contributed by atoms with Crippen LogP contribution in [0.1, 0.15) is 50.8 Å². The van der Waals surface area contributed by atoms with E-state index >= 15 is 0 Å². The minimum atomic E-state index is 0.113. The van der Waals surface area contributed by atoms with Gasteiger partial charge in [-0.25, -0.2) is 0 Å². The van der Waals surface area contributed by atoms with Crippen molar-refractivity contribution in [1.29, 1.82) is 0 Å². The van der Waals surface area contributed by atoms with Crippen LogP contribution in [0.15, 0.2) is 24.3 Å². The predicted octanol–water partition coefficient (Wildman–Crippen LogP) is 2.90. The van der Waals surface area contributed by atoms with Crippen LogP contribution in [0.25, 0.3) is 0 Å². The van der Waals surface area contributed by atoms with Gasteiger partial charge in [-0.15, -0.1) is 12.3 Å². The van der Waals surface area contributed by atoms with E-state index in [4.69, 9.17) is 12.3 Å². The van der Waals surface area contributed by atoms with E-state index in [2.05, 4.69) is 50.3 Å². The second-order valence-electron chi connectivity index (χ2n) is 5.30. The molecule has 92 valence electrons. The molecule has 3 N–H and O–H groups in total. The Kier molecular flexibility index (Phi) is 4.74. The number of rotatable bonds is 4. The Bertz CT molecular complexity index is 396. The van der Waals surface area contributed by atoms with Crippen LogP contribution in [0, 0.1) is 12.3 Å². The van der Waals surface area contributed by atoms with Crippen LogP contribution in [0.3, 0.4) is 0 Å². The Hall–Kier alpha value is -1.30. The van der Waals surface area contributed by atoms with Crippen molar-refractivity contribution in [3.8, 4) is 12.3 Å². The first kappa shape index (κ1) is 13.8. The van der Waals surface area contributed by atoms with Gasteiger partial charge in [-0.2, -0.15) is 0 Å². The lowest BCUT2D eigenvalue weighted by Gasteiger charge is -2.27. The molecular weight excluding hydrogens is 208 g/mol. The average molecular weight is 230 g/mol. The number of terminal acetylenes is 1. The second kappa shape index (κ2) is 5.86. The first-order chi connectivity index (χ1) is 8.00. The molecular formula is C15H22N2. The third-order valence-electron chi connectivity index (χ3n) is 2.92. The van der Waals surface area contributed by atoms with Crippen molar-refractivity contribution in [1.82, 2.24) is 5.43 Å². The molecule has 0 radical (unpaired) electrons. The first-order valence-corrected chi connectivity index (χ1v) is 5.99. The summed E-state index contributed by atoms with van der Waals surface area (Å²) in [5, 5.41) is 0. The van der Waals surface area contributed by atoms with E-state index in [-0.39, 0.29) is 11.5 Å². The zero-order valence-electron chi connectivity index (χ0n) is 11.0. The van der Waals surface area contributed by atoms with Gasteiger partial charge in [0.25, 0.3) is 0 Å². The van der Waals surface area contributed by atoms with Crippen molar-refractivity contribution >= 4 is 0 Å². The number of benzene rings is 1. The van der Waals surface area contributed by atoms with Crippen molar-refractivity contribution in [3.05, 3.63) is 35.4 Å². The molecule has 1 aromatic rings. The summed E-state index contributed by atoms with van der Waals surface area (Å²) in [6, 6.07) is 8.53. The fourth-order valence-corrected chi connectivity index (χ4v) is 2.04. The number of hydrogen-bond donors (Lipinski definition) is 2. The molecule has 1 unspecified atom stereocenters. The highest BCUT2D eigenvalue weighted by atomic mass is 15.2. The fraction of sp³-hybridized carbons (Fsp3) is 0.467. The van der Waals surface area contributed by atoms with Gasteiger partial charge in [0, 0.05) is 12.5 Å². The van der Waals surface area contributed by atoms with Gasteiger partial charge in [0.1, 0.15) is 0 Å². The second-order valence-corrected chi connectivity index (χ2v) is 5.30. The summed E-state index contributed by atoms with van der Waals surface area (Å²) in [4.78, 5) is 0. The quantitative estimate of drug-likeness (QED) is 0.474. The monoisotopic (exact) mass is 230 g/mol. The third-order valence-corrected chi connectivity index (χ3v) is 2.92. The molecule has 0 saturated carbocycles. The first-order valence-electron chi connectivity index (χ1n) is 5.99. The summed E-state index contributed by atoms with van der Waals surface area (Å²) in [5.74, 6) is 8.30. The molecule has 1 aromatic carbocycles. The van der Waals surface area contributed by atoms with E-state index in [1.807, 2.05) is 6.07 Å². The van der Waals surface area contributed by atoms with E-state index in [1.54, 1.807) is 0 Å². The van der Waals surface area contributed by atoms with Crippen LogP contribution in [0.2, 0.25) is 0 Å². The molecule has 0 amide bonds. The summed E-state index contributed by atoms with van der Waals surface area (Å²) >= 11 is 0. The number of nitrogens with one attached hydrogen (secondary N) is 1. The normalized spacial score (nSPS) is 13.1. The largest absolute Gasteiger partial charge is 0.271 e. The molecule has 0 bridgehead atoms. The van der Waals surface area contributed by atoms with Gasteiger partial charge in [0.15, 0.2) is 0 Å². The van der Waals surface area contributed by atoms with Crippen molar-refractivity contribution < 1.29 is 0 Å². The predicted molar refractivity (Wildman–Crippen MR) is 73.3 cm³/mol. The molecule has 17 heavy (non-hydrogen) atoms. The van der Waals surface area contributed by atoms with Crippen LogP contribution in [-0.2, 0) is 5.41 Å². The van der Waals surface area contributed by atoms with Gasteiger partial charge in [0.05, 0.1) is 0 Å². The summed E-state index contributed by atoms with van der Waals surface area (Å²) in [5.41, 5.74) is 5.55. The molecule has 2 heteroatoms. The third kappa shape index (κ3) is 3.59. The van der Waals surface area contributed by atoms with Gasteiger partial charge in [-0.3, -0.25) is 11.3 Å². The minimum Gasteiger partial charge on any atom is -0.271 e. The molecule has 0 saturated heterocycles. The Morgan fingerprint density at radius 3 is 2.53 bits per heavy atom. The Morgan fingerprint density at radius 2 is 2.00 bits per heavy atom. The molecule has 0 aliphatic carbocycles. The van der Waals surface area contributed by atoms with Crippen LogP contribution < -0.4 is 11.3 Å². The van der Waals surface area contributed by atoms with E-state index in [1.165, 1.54) is 11.1 Å². The van der Waals surface area contributed by atoms with Crippen molar-refractivity contribution in [2.24, 2.45) is 5.84 Å². The van der Waals surface area contributed by atoms with E-state index in [9.17, 15) is 0 Å². The van der Waals surface area contributed by atoms with Crippen molar-refractivity contribution in [3.63, 3.8) is 0 Å². The summed E-state index contributed by atoms with van der Waals surface area (Å²) < 4.78 is 0. The maximum absolute atomic E-state index is 5.64. The molecule has 0 aliphatic heterocycles. The SMILES string of the molecule is C#CCCC(NN)c1ccccc1C(C)(C)C. The Labute approximate surface area is 105 Å². The zero-order chi connectivity index (χ0) is 12.9. The van der Waals surface area contributed by atoms with E-state index in [0.717, 1.165) is 12.8 Å². The van der Waals surface area contributed by atoms with Crippen LogP contribution in [0.5, 0.6) is 0 Å². The maximum Gasteiger partial charge on any atom is 0.0472 e. The highest BCUT2D eigenvalue weighted by Gasteiger charge is 2.21. The van der Waals surface area contributed by atoms with Gasteiger partial charge in [-0.1, -0.05) is 45.0 Å². The lowest BCUT2D eigenvalue weighted by atomic mass is 9.81. The van der Waals surface area contributed by atoms with Crippen LogP contribution in [-0.4, -0.2) is 0 Å². The van der Waals surface area contributed by atoms with Gasteiger partial charge < -0.3 is 0 Å². The number of hydrogen-bond acceptors (Lipinski definition) is 2. The average Bonchev–Trinajstić information content (AvgIpc) is 2.29. The number of hydrazine groups is 1. The minimum absolute atomic E-state index is 0.113. The summed E-state index contributed by atoms with van der Waals surface area (Å²) in [6.45, 7) is 6.63. The molecule has 0 aliphatic rings. The molecule has 0 fully saturated rings. The van der Waals surface area contributed by atoms with Crippen molar-refractivity contribution in [2.45, 2.75) is 45.1 Å². The standard InChI is InChI=1S/C15H22N2/c1-5-6-11-14(17-16)12-9-7-8-10-13(12)15(2,3)4/h1,7-10,14,17H,6,11,16H2,2-4H3. The molecule has 0 aromatic heterocycles. The molecule has 0 heterocycles. The number of nitrogens with two attached hydrogens (primary N) is 1. The molecule has 0 spiro atoms. The summed E-state index contributed by atoms with van der Waals surface area (Å²) in [6.07, 6.45) is 6.91. The van der Waals surface area contributed by atoms with Crippen LogP contribution >= 0.6 is 0 Å². The Morgan fingerprint density at radius 1 is 1.35 bits per heavy atom. The van der Waals surface area contributed by atoms with Crippen molar-refractivity contribution in [2.75, 3.05) is 0 Å². The molecule has 1 rings (SSSR count). The van der Waals surface area contributed by atoms with Gasteiger partial charge in [0.2, 0.25) is 0 Å². The van der Waals surface area contributed by atoms with Crippen LogP contribution in [0.4, 0.5) is 0 Å². The van der Waals surface area contributed by atoms with E-state index in [0.29, 0.717) is 0 Å². The zero-order valence-corrected chi connectivity index (χ0v) is 11.0. The Balaban J connectivity index is 3.07. The summed E-state index contributed by atoms with van der Waals surface area (Å²) in [7, 11) is 0. The molecule has 1 atom stereocenters. The van der Waals surface area contributed by atoms with Gasteiger partial charge >= 0.3 is 0 Å². The topological polar surface area (TPSA) is 38.0 Å². The lowest BCUT2D eigenvalue weighted by molar-refractivity contribution is 0.499. The molecule has 2 nitrogen and oxygen atoms in total. The van der Waals surface area contributed by atoms with Gasteiger partial charge in [-0.05, 0) is 23.0 Å². The fourth-order valence-electron chi connectivity index (χ4n) is 2.04. The lowest BCUT2D eigenvalue weighted by Crippen LogP contribution is -2.30. The maximum atomic E-state index is 5.64. The highest BCUT2D eigenvalue weighted by Crippen LogP contribution is 2.30. The smallest absolute Gasteiger partial charge is 0.0472 e. The van der Waals surface area contributed by atoms with E-state index < -0.39 is 0 Å². The highest BCUT2D eigenvalue weighted by molar-refractivity contribution is 5.35.